The molecule has 0 aliphatic rings. The molecule has 2 rings (SSSR count). The molecule has 3 N–H and O–H groups in total. The van der Waals surface area contributed by atoms with E-state index in [9.17, 15) is 17.6 Å². The molecule has 0 aromatic heterocycles. The fourth-order valence-electron chi connectivity index (χ4n) is 1.60. The second kappa shape index (κ2) is 5.17. The van der Waals surface area contributed by atoms with Crippen LogP contribution in [0.5, 0.6) is 0 Å². The van der Waals surface area contributed by atoms with Crippen LogP contribution in [-0.4, -0.2) is 0 Å². The van der Waals surface area contributed by atoms with Crippen LogP contribution < -0.4 is 11.1 Å². The van der Waals surface area contributed by atoms with Gasteiger partial charge in [-0.15, -0.1) is 0 Å². The SMILES string of the molecule is Nc1cc(F)c(NCc2ccc(F)c(F)c2)c(F)c1. The molecule has 0 unspecified atom stereocenters. The molecule has 100 valence electrons. The Labute approximate surface area is 106 Å². The van der Waals surface area contributed by atoms with E-state index < -0.39 is 23.3 Å². The molecule has 0 bridgehead atoms. The molecule has 0 fully saturated rings. The van der Waals surface area contributed by atoms with E-state index in [4.69, 9.17) is 5.73 Å². The van der Waals surface area contributed by atoms with Gasteiger partial charge in [-0.2, -0.15) is 0 Å². The van der Waals surface area contributed by atoms with Gasteiger partial charge in [0.25, 0.3) is 0 Å². The molecule has 0 heterocycles. The van der Waals surface area contributed by atoms with Crippen LogP contribution >= 0.6 is 0 Å². The molecule has 0 aliphatic carbocycles. The van der Waals surface area contributed by atoms with Crippen molar-refractivity contribution in [2.24, 2.45) is 0 Å². The van der Waals surface area contributed by atoms with Crippen LogP contribution in [0, 0.1) is 23.3 Å². The van der Waals surface area contributed by atoms with Crippen LogP contribution in [0.4, 0.5) is 28.9 Å². The maximum Gasteiger partial charge on any atom is 0.159 e. The fraction of sp³-hybridized carbons (Fsp3) is 0.0769. The first-order valence-corrected chi connectivity index (χ1v) is 5.39. The monoisotopic (exact) mass is 270 g/mol. The highest BCUT2D eigenvalue weighted by atomic mass is 19.2. The average Bonchev–Trinajstić information content (AvgIpc) is 2.32. The van der Waals surface area contributed by atoms with Gasteiger partial charge in [0.15, 0.2) is 23.3 Å². The smallest absolute Gasteiger partial charge is 0.159 e. The third kappa shape index (κ3) is 2.96. The Kier molecular flexibility index (Phi) is 3.59. The molecule has 0 radical (unpaired) electrons. The zero-order valence-corrected chi connectivity index (χ0v) is 9.68. The molecule has 0 saturated heterocycles. The van der Waals surface area contributed by atoms with Gasteiger partial charge in [-0.1, -0.05) is 6.07 Å². The molecule has 0 atom stereocenters. The van der Waals surface area contributed by atoms with E-state index >= 15 is 0 Å². The predicted octanol–water partition coefficient (Wildman–Crippen LogP) is 3.44. The Balaban J connectivity index is 2.16. The van der Waals surface area contributed by atoms with Gasteiger partial charge in [0.1, 0.15) is 5.69 Å². The summed E-state index contributed by atoms with van der Waals surface area (Å²) in [6.45, 7) is -0.0467. The summed E-state index contributed by atoms with van der Waals surface area (Å²) in [4.78, 5) is 0. The van der Waals surface area contributed by atoms with E-state index in [2.05, 4.69) is 5.32 Å². The van der Waals surface area contributed by atoms with Crippen molar-refractivity contribution in [2.75, 3.05) is 11.1 Å². The summed E-state index contributed by atoms with van der Waals surface area (Å²) in [6.07, 6.45) is 0. The first kappa shape index (κ1) is 13.2. The molecule has 0 aliphatic heterocycles. The summed E-state index contributed by atoms with van der Waals surface area (Å²) in [5, 5.41) is 2.48. The normalized spacial score (nSPS) is 10.5. The fourth-order valence-corrected chi connectivity index (χ4v) is 1.60. The van der Waals surface area contributed by atoms with Crippen molar-refractivity contribution < 1.29 is 17.6 Å². The Morgan fingerprint density at radius 1 is 0.842 bits per heavy atom. The molecular weight excluding hydrogens is 260 g/mol. The van der Waals surface area contributed by atoms with Gasteiger partial charge >= 0.3 is 0 Å². The van der Waals surface area contributed by atoms with Crippen molar-refractivity contribution in [1.29, 1.82) is 0 Å². The molecule has 0 spiro atoms. The van der Waals surface area contributed by atoms with E-state index in [-0.39, 0.29) is 17.9 Å². The number of nitrogen functional groups attached to an aromatic ring is 1. The minimum atomic E-state index is -1.02. The largest absolute Gasteiger partial charge is 0.399 e. The van der Waals surface area contributed by atoms with E-state index in [1.807, 2.05) is 0 Å². The topological polar surface area (TPSA) is 38.0 Å². The Morgan fingerprint density at radius 3 is 2.05 bits per heavy atom. The van der Waals surface area contributed by atoms with E-state index in [1.54, 1.807) is 0 Å². The average molecular weight is 270 g/mol. The van der Waals surface area contributed by atoms with Gasteiger partial charge < -0.3 is 11.1 Å². The number of halogens is 4. The summed E-state index contributed by atoms with van der Waals surface area (Å²) in [6, 6.07) is 5.16. The third-order valence-electron chi connectivity index (χ3n) is 2.52. The minimum absolute atomic E-state index is 0.0339. The van der Waals surface area contributed by atoms with Crippen molar-refractivity contribution in [3.05, 3.63) is 59.2 Å². The molecule has 2 aromatic rings. The van der Waals surface area contributed by atoms with Gasteiger partial charge in [-0.3, -0.25) is 0 Å². The van der Waals surface area contributed by atoms with E-state index in [1.165, 1.54) is 6.07 Å². The van der Waals surface area contributed by atoms with Crippen LogP contribution in [0.15, 0.2) is 30.3 Å². The zero-order chi connectivity index (χ0) is 14.0. The Bertz CT molecular complexity index is 591. The number of nitrogens with two attached hydrogens (primary N) is 1. The molecule has 19 heavy (non-hydrogen) atoms. The first-order chi connectivity index (χ1) is 8.97. The standard InChI is InChI=1S/C13H10F4N2/c14-9-2-1-7(3-10(9)15)6-19-13-11(16)4-8(18)5-12(13)17/h1-5,19H,6,18H2. The van der Waals surface area contributed by atoms with Gasteiger partial charge in [0.05, 0.1) is 0 Å². The van der Waals surface area contributed by atoms with Crippen molar-refractivity contribution in [2.45, 2.75) is 6.54 Å². The summed E-state index contributed by atoms with van der Waals surface area (Å²) in [5.41, 5.74) is 5.23. The van der Waals surface area contributed by atoms with Crippen LogP contribution in [0.25, 0.3) is 0 Å². The van der Waals surface area contributed by atoms with Crippen molar-refractivity contribution in [3.63, 3.8) is 0 Å². The van der Waals surface area contributed by atoms with Gasteiger partial charge in [-0.25, -0.2) is 17.6 Å². The highest BCUT2D eigenvalue weighted by Crippen LogP contribution is 2.22. The molecule has 0 amide bonds. The van der Waals surface area contributed by atoms with Crippen molar-refractivity contribution in [1.82, 2.24) is 0 Å². The molecule has 2 nitrogen and oxygen atoms in total. The Morgan fingerprint density at radius 2 is 1.47 bits per heavy atom. The summed E-state index contributed by atoms with van der Waals surface area (Å²) in [7, 11) is 0. The number of benzene rings is 2. The minimum Gasteiger partial charge on any atom is -0.399 e. The molecular formula is C13H10F4N2. The number of anilines is 2. The van der Waals surface area contributed by atoms with E-state index in [0.29, 0.717) is 5.56 Å². The summed E-state index contributed by atoms with van der Waals surface area (Å²) < 4.78 is 52.5. The predicted molar refractivity (Wildman–Crippen MR) is 64.5 cm³/mol. The zero-order valence-electron chi connectivity index (χ0n) is 9.68. The van der Waals surface area contributed by atoms with Crippen molar-refractivity contribution in [3.8, 4) is 0 Å². The van der Waals surface area contributed by atoms with Crippen LogP contribution in [0.1, 0.15) is 5.56 Å². The van der Waals surface area contributed by atoms with Crippen molar-refractivity contribution >= 4 is 11.4 Å². The highest BCUT2D eigenvalue weighted by Gasteiger charge is 2.10. The maximum absolute atomic E-state index is 13.4. The Hall–Kier alpha value is -2.24. The summed E-state index contributed by atoms with van der Waals surface area (Å²) >= 11 is 0. The molecule has 0 saturated carbocycles. The molecule has 2 aromatic carbocycles. The second-order valence-electron chi connectivity index (χ2n) is 3.96. The number of rotatable bonds is 3. The number of hydrogen-bond acceptors (Lipinski definition) is 2. The molecule has 6 heteroatoms. The highest BCUT2D eigenvalue weighted by molar-refractivity contribution is 5.54. The lowest BCUT2D eigenvalue weighted by molar-refractivity contribution is 0.507. The lowest BCUT2D eigenvalue weighted by Gasteiger charge is -2.09. The lowest BCUT2D eigenvalue weighted by Crippen LogP contribution is -2.05. The van der Waals surface area contributed by atoms with Gasteiger partial charge in [0, 0.05) is 12.2 Å². The number of hydrogen-bond donors (Lipinski definition) is 2. The second-order valence-corrected chi connectivity index (χ2v) is 3.96. The van der Waals surface area contributed by atoms with Gasteiger partial charge in [-0.05, 0) is 29.8 Å². The van der Waals surface area contributed by atoms with Crippen LogP contribution in [0.2, 0.25) is 0 Å². The number of nitrogens with one attached hydrogen (secondary N) is 1. The van der Waals surface area contributed by atoms with Crippen LogP contribution in [-0.2, 0) is 6.54 Å². The quantitative estimate of drug-likeness (QED) is 0.662. The van der Waals surface area contributed by atoms with E-state index in [0.717, 1.165) is 24.3 Å². The third-order valence-corrected chi connectivity index (χ3v) is 2.52. The van der Waals surface area contributed by atoms with Gasteiger partial charge in [0.2, 0.25) is 0 Å². The first-order valence-electron chi connectivity index (χ1n) is 5.39. The maximum atomic E-state index is 13.4. The lowest BCUT2D eigenvalue weighted by atomic mass is 10.2. The summed E-state index contributed by atoms with van der Waals surface area (Å²) in [5.74, 6) is -3.69. The van der Waals surface area contributed by atoms with Crippen LogP contribution in [0.3, 0.4) is 0 Å².